The molecule has 0 unspecified atom stereocenters. The fourth-order valence-corrected chi connectivity index (χ4v) is 1.81. The molecule has 0 amide bonds. The van der Waals surface area contributed by atoms with Gasteiger partial charge in [0.05, 0.1) is 0 Å². The zero-order valence-corrected chi connectivity index (χ0v) is 8.40. The molecule has 0 saturated heterocycles. The van der Waals surface area contributed by atoms with E-state index in [0.717, 1.165) is 0 Å². The first kappa shape index (κ1) is 9.58. The van der Waals surface area contributed by atoms with Gasteiger partial charge in [0.2, 0.25) is 0 Å². The topological polar surface area (TPSA) is 27.7 Å². The summed E-state index contributed by atoms with van der Waals surface area (Å²) >= 11 is 3.22. The standard InChI is InChI=1S/C4H11BrO3Si/c1-4-8-9(5,6-2)7-3/h4H2,1-3H3. The predicted molar refractivity (Wildman–Crippen MR) is 40.3 cm³/mol. The van der Waals surface area contributed by atoms with E-state index in [1.54, 1.807) is 14.2 Å². The Bertz CT molecular complexity index is 76.2. The number of halogens is 1. The van der Waals surface area contributed by atoms with Gasteiger partial charge in [-0.2, -0.15) is 0 Å². The summed E-state index contributed by atoms with van der Waals surface area (Å²) < 4.78 is 15.0. The minimum atomic E-state index is -2.38. The maximum absolute atomic E-state index is 5.14. The van der Waals surface area contributed by atoms with Gasteiger partial charge in [-0.1, -0.05) is 0 Å². The van der Waals surface area contributed by atoms with Gasteiger partial charge < -0.3 is 13.3 Å². The molecule has 0 bridgehead atoms. The third-order valence-corrected chi connectivity index (χ3v) is 5.04. The van der Waals surface area contributed by atoms with Crippen molar-refractivity contribution in [1.29, 1.82) is 0 Å². The molecule has 9 heavy (non-hydrogen) atoms. The van der Waals surface area contributed by atoms with Crippen molar-refractivity contribution in [3.05, 3.63) is 0 Å². The lowest BCUT2D eigenvalue weighted by Gasteiger charge is -2.17. The number of hydrogen-bond donors (Lipinski definition) is 0. The van der Waals surface area contributed by atoms with Crippen LogP contribution in [0, 0.1) is 0 Å². The molecule has 0 rings (SSSR count). The second-order valence-electron chi connectivity index (χ2n) is 1.32. The Labute approximate surface area is 64.2 Å². The largest absolute Gasteiger partial charge is 0.579 e. The molecule has 0 spiro atoms. The molecule has 0 aromatic rings. The molecule has 3 nitrogen and oxygen atoms in total. The van der Waals surface area contributed by atoms with E-state index in [2.05, 4.69) is 15.3 Å². The monoisotopic (exact) mass is 214 g/mol. The first-order valence-electron chi connectivity index (χ1n) is 2.61. The Morgan fingerprint density at radius 2 is 1.78 bits per heavy atom. The molecule has 0 N–H and O–H groups in total. The molecule has 0 heterocycles. The zero-order valence-electron chi connectivity index (χ0n) is 5.81. The lowest BCUT2D eigenvalue weighted by atomic mass is 10.9. The summed E-state index contributed by atoms with van der Waals surface area (Å²) in [6.45, 7) is 2.49. The molecule has 56 valence electrons. The number of rotatable bonds is 4. The van der Waals surface area contributed by atoms with E-state index in [-0.39, 0.29) is 0 Å². The summed E-state index contributed by atoms with van der Waals surface area (Å²) in [4.78, 5) is 0. The molecule has 0 aliphatic carbocycles. The van der Waals surface area contributed by atoms with Crippen LogP contribution in [0.5, 0.6) is 0 Å². The molecular formula is C4H11BrO3Si. The van der Waals surface area contributed by atoms with Crippen LogP contribution in [0.25, 0.3) is 0 Å². The highest BCUT2D eigenvalue weighted by Crippen LogP contribution is 2.14. The summed E-state index contributed by atoms with van der Waals surface area (Å²) in [5, 5.41) is 0. The van der Waals surface area contributed by atoms with Crippen LogP contribution in [0.2, 0.25) is 0 Å². The average Bonchev–Trinajstić information content (AvgIpc) is 1.89. The molecule has 5 heteroatoms. The van der Waals surface area contributed by atoms with Crippen molar-refractivity contribution in [2.45, 2.75) is 6.92 Å². The van der Waals surface area contributed by atoms with Crippen LogP contribution in [-0.2, 0) is 13.3 Å². The highest BCUT2D eigenvalue weighted by atomic mass is 79.9. The van der Waals surface area contributed by atoms with Crippen molar-refractivity contribution in [1.82, 2.24) is 0 Å². The second-order valence-corrected chi connectivity index (χ2v) is 6.30. The lowest BCUT2D eigenvalue weighted by Crippen LogP contribution is -2.36. The molecule has 0 atom stereocenters. The van der Waals surface area contributed by atoms with E-state index in [1.807, 2.05) is 6.92 Å². The smallest absolute Gasteiger partial charge is 0.369 e. The highest BCUT2D eigenvalue weighted by molar-refractivity contribution is 9.25. The Morgan fingerprint density at radius 1 is 1.33 bits per heavy atom. The third kappa shape index (κ3) is 3.32. The maximum Gasteiger partial charge on any atom is 0.579 e. The molecule has 0 radical (unpaired) electrons. The first-order chi connectivity index (χ1) is 4.18. The molecule has 0 aliphatic rings. The summed E-state index contributed by atoms with van der Waals surface area (Å²) in [5.74, 6) is 0. The van der Waals surface area contributed by atoms with Crippen LogP contribution in [-0.4, -0.2) is 28.3 Å². The third-order valence-electron chi connectivity index (χ3n) is 0.804. The molecule has 0 saturated carbocycles. The Balaban J connectivity index is 3.62. The maximum atomic E-state index is 5.14. The molecule has 0 aromatic carbocycles. The van der Waals surface area contributed by atoms with Crippen LogP contribution >= 0.6 is 15.3 Å². The van der Waals surface area contributed by atoms with Crippen LogP contribution < -0.4 is 0 Å². The molecular weight excluding hydrogens is 204 g/mol. The van der Waals surface area contributed by atoms with Gasteiger partial charge in [0.25, 0.3) is 0 Å². The number of hydrogen-bond acceptors (Lipinski definition) is 3. The normalized spacial score (nSPS) is 12.0. The van der Waals surface area contributed by atoms with Gasteiger partial charge in [0.15, 0.2) is 0 Å². The van der Waals surface area contributed by atoms with E-state index < -0.39 is 7.42 Å². The van der Waals surface area contributed by atoms with E-state index in [0.29, 0.717) is 6.61 Å². The molecule has 0 aromatic heterocycles. The van der Waals surface area contributed by atoms with Gasteiger partial charge >= 0.3 is 7.42 Å². The first-order valence-corrected chi connectivity index (χ1v) is 6.60. The van der Waals surface area contributed by atoms with Crippen molar-refractivity contribution >= 4 is 22.7 Å². The van der Waals surface area contributed by atoms with Crippen LogP contribution in [0.4, 0.5) is 0 Å². The van der Waals surface area contributed by atoms with Gasteiger partial charge in [0, 0.05) is 20.8 Å². The minimum Gasteiger partial charge on any atom is -0.369 e. The zero-order chi connectivity index (χ0) is 7.33. The fraction of sp³-hybridized carbons (Fsp3) is 1.00. The summed E-state index contributed by atoms with van der Waals surface area (Å²) in [5.41, 5.74) is 0. The van der Waals surface area contributed by atoms with Gasteiger partial charge in [-0.05, 0) is 22.2 Å². The van der Waals surface area contributed by atoms with E-state index in [9.17, 15) is 0 Å². The van der Waals surface area contributed by atoms with E-state index in [4.69, 9.17) is 13.3 Å². The van der Waals surface area contributed by atoms with E-state index >= 15 is 0 Å². The fourth-order valence-electron chi connectivity index (χ4n) is 0.374. The van der Waals surface area contributed by atoms with Crippen molar-refractivity contribution in [2.75, 3.05) is 20.8 Å². The Hall–Kier alpha value is 0.577. The van der Waals surface area contributed by atoms with Crippen molar-refractivity contribution in [2.24, 2.45) is 0 Å². The molecule has 0 aliphatic heterocycles. The lowest BCUT2D eigenvalue weighted by molar-refractivity contribution is 0.133. The predicted octanol–water partition coefficient (Wildman–Crippen LogP) is 1.15. The van der Waals surface area contributed by atoms with Gasteiger partial charge in [-0.15, -0.1) is 0 Å². The summed E-state index contributed by atoms with van der Waals surface area (Å²) in [6, 6.07) is 0. The minimum absolute atomic E-state index is 0.596. The summed E-state index contributed by atoms with van der Waals surface area (Å²) in [7, 11) is 0.727. The second kappa shape index (κ2) is 4.40. The summed E-state index contributed by atoms with van der Waals surface area (Å²) in [6.07, 6.45) is 0. The van der Waals surface area contributed by atoms with Gasteiger partial charge in [-0.25, -0.2) is 0 Å². The van der Waals surface area contributed by atoms with Gasteiger partial charge in [-0.3, -0.25) is 0 Å². The Kier molecular flexibility index (Phi) is 4.68. The average molecular weight is 215 g/mol. The SMILES string of the molecule is CCO[Si](Br)(OC)OC. The van der Waals surface area contributed by atoms with Crippen LogP contribution in [0.1, 0.15) is 6.92 Å². The van der Waals surface area contributed by atoms with Crippen LogP contribution in [0.15, 0.2) is 0 Å². The Morgan fingerprint density at radius 3 is 1.89 bits per heavy atom. The molecule has 0 fully saturated rings. The van der Waals surface area contributed by atoms with Crippen molar-refractivity contribution in [3.8, 4) is 0 Å². The van der Waals surface area contributed by atoms with Crippen molar-refractivity contribution < 1.29 is 13.3 Å². The van der Waals surface area contributed by atoms with Gasteiger partial charge in [0.1, 0.15) is 0 Å². The quantitative estimate of drug-likeness (QED) is 0.520. The van der Waals surface area contributed by atoms with Crippen molar-refractivity contribution in [3.63, 3.8) is 0 Å². The van der Waals surface area contributed by atoms with Crippen LogP contribution in [0.3, 0.4) is 0 Å². The van der Waals surface area contributed by atoms with E-state index in [1.165, 1.54) is 0 Å². The highest BCUT2D eigenvalue weighted by Gasteiger charge is 2.34.